The number of rotatable bonds is 19. The van der Waals surface area contributed by atoms with Gasteiger partial charge >= 0.3 is 0 Å². The van der Waals surface area contributed by atoms with E-state index in [2.05, 4.69) is 6.92 Å². The molecule has 1 saturated carbocycles. The summed E-state index contributed by atoms with van der Waals surface area (Å²) >= 11 is 6.97. The second-order valence-electron chi connectivity index (χ2n) is 9.54. The number of alkyl halides is 1. The fraction of sp³-hybridized carbons (Fsp3) is 1.00. The molecule has 0 aromatic rings. The van der Waals surface area contributed by atoms with Gasteiger partial charge in [-0.1, -0.05) is 122 Å². The average molecular weight is 415 g/mol. The van der Waals surface area contributed by atoms with Gasteiger partial charge < -0.3 is 5.11 Å². The van der Waals surface area contributed by atoms with Gasteiger partial charge in [-0.3, -0.25) is 0 Å². The molecule has 1 N–H and O–H groups in total. The highest BCUT2D eigenvalue weighted by molar-refractivity contribution is 6.24. The van der Waals surface area contributed by atoms with E-state index in [4.69, 9.17) is 11.6 Å². The maximum atomic E-state index is 9.30. The molecule has 1 rings (SSSR count). The van der Waals surface area contributed by atoms with E-state index in [-0.39, 0.29) is 4.87 Å². The summed E-state index contributed by atoms with van der Waals surface area (Å²) in [6.07, 6.45) is 29.8. The zero-order valence-corrected chi connectivity index (χ0v) is 19.9. The van der Waals surface area contributed by atoms with Gasteiger partial charge in [-0.05, 0) is 31.6 Å². The first-order valence-electron chi connectivity index (χ1n) is 13.0. The number of halogens is 1. The SMILES string of the molecule is CCCCCCCCCCCCCCCCCCC1(Cl)CCCCC1CCO. The summed E-state index contributed by atoms with van der Waals surface area (Å²) in [5.74, 6) is 0.546. The van der Waals surface area contributed by atoms with Crippen LogP contribution in [0.2, 0.25) is 0 Å². The lowest BCUT2D eigenvalue weighted by atomic mass is 9.74. The molecule has 1 nitrogen and oxygen atoms in total. The smallest absolute Gasteiger partial charge is 0.0475 e. The molecule has 2 atom stereocenters. The van der Waals surface area contributed by atoms with Crippen molar-refractivity contribution in [3.63, 3.8) is 0 Å². The van der Waals surface area contributed by atoms with Gasteiger partial charge in [0.1, 0.15) is 0 Å². The lowest BCUT2D eigenvalue weighted by molar-refractivity contribution is 0.183. The fourth-order valence-corrected chi connectivity index (χ4v) is 5.61. The van der Waals surface area contributed by atoms with Crippen LogP contribution in [0.15, 0.2) is 0 Å². The standard InChI is InChI=1S/C26H51ClO/c1-2-3-4-5-6-7-8-9-10-11-12-13-14-15-16-18-22-26(27)23-19-17-20-25(26)21-24-28/h25,28H,2-24H2,1H3. The molecule has 0 aromatic carbocycles. The van der Waals surface area contributed by atoms with E-state index < -0.39 is 0 Å². The van der Waals surface area contributed by atoms with E-state index in [1.165, 1.54) is 122 Å². The normalized spacial score (nSPS) is 22.6. The third-order valence-electron chi connectivity index (χ3n) is 7.05. The van der Waals surface area contributed by atoms with Crippen LogP contribution in [0.3, 0.4) is 0 Å². The third kappa shape index (κ3) is 12.7. The van der Waals surface area contributed by atoms with Crippen LogP contribution >= 0.6 is 11.6 Å². The average Bonchev–Trinajstić information content (AvgIpc) is 2.70. The molecule has 2 heteroatoms. The summed E-state index contributed by atoms with van der Waals surface area (Å²) in [5, 5.41) is 9.30. The maximum absolute atomic E-state index is 9.30. The quantitative estimate of drug-likeness (QED) is 0.165. The third-order valence-corrected chi connectivity index (χ3v) is 7.74. The fourth-order valence-electron chi connectivity index (χ4n) is 5.13. The van der Waals surface area contributed by atoms with Gasteiger partial charge in [0, 0.05) is 11.5 Å². The van der Waals surface area contributed by atoms with Crippen LogP contribution in [-0.2, 0) is 0 Å². The Balaban J connectivity index is 1.85. The summed E-state index contributed by atoms with van der Waals surface area (Å²) in [4.78, 5) is -0.00300. The van der Waals surface area contributed by atoms with Gasteiger partial charge in [0.2, 0.25) is 0 Å². The van der Waals surface area contributed by atoms with Crippen molar-refractivity contribution in [2.24, 2.45) is 5.92 Å². The van der Waals surface area contributed by atoms with E-state index in [9.17, 15) is 5.11 Å². The van der Waals surface area contributed by atoms with E-state index >= 15 is 0 Å². The van der Waals surface area contributed by atoms with Crippen molar-refractivity contribution in [3.8, 4) is 0 Å². The predicted octanol–water partition coefficient (Wildman–Crippen LogP) is 9.19. The largest absolute Gasteiger partial charge is 0.396 e. The lowest BCUT2D eigenvalue weighted by Gasteiger charge is -2.39. The molecule has 0 radical (unpaired) electrons. The highest BCUT2D eigenvalue weighted by Gasteiger charge is 2.37. The minimum Gasteiger partial charge on any atom is -0.396 e. The number of hydrogen-bond acceptors (Lipinski definition) is 1. The van der Waals surface area contributed by atoms with Gasteiger partial charge in [0.15, 0.2) is 0 Å². The van der Waals surface area contributed by atoms with Gasteiger partial charge in [-0.2, -0.15) is 0 Å². The molecule has 0 aliphatic heterocycles. The summed E-state index contributed by atoms with van der Waals surface area (Å²) in [6.45, 7) is 2.60. The Bertz CT molecular complexity index is 330. The molecule has 168 valence electrons. The van der Waals surface area contributed by atoms with Crippen molar-refractivity contribution < 1.29 is 5.11 Å². The summed E-state index contributed by atoms with van der Waals surface area (Å²) in [5.41, 5.74) is 0. The molecule has 28 heavy (non-hydrogen) atoms. The lowest BCUT2D eigenvalue weighted by Crippen LogP contribution is -2.35. The van der Waals surface area contributed by atoms with E-state index in [1.807, 2.05) is 0 Å². The van der Waals surface area contributed by atoms with Crippen molar-refractivity contribution in [2.75, 3.05) is 6.61 Å². The first kappa shape index (κ1) is 26.3. The van der Waals surface area contributed by atoms with E-state index in [0.717, 1.165) is 19.3 Å². The minimum absolute atomic E-state index is 0.00300. The molecule has 0 spiro atoms. The maximum Gasteiger partial charge on any atom is 0.0475 e. The summed E-state index contributed by atoms with van der Waals surface area (Å²) < 4.78 is 0. The van der Waals surface area contributed by atoms with Crippen LogP contribution in [0.5, 0.6) is 0 Å². The Kier molecular flexibility index (Phi) is 16.9. The summed E-state index contributed by atoms with van der Waals surface area (Å²) in [7, 11) is 0. The number of aliphatic hydroxyl groups is 1. The zero-order valence-electron chi connectivity index (χ0n) is 19.2. The van der Waals surface area contributed by atoms with Crippen LogP contribution in [0, 0.1) is 5.92 Å². The number of hydrogen-bond donors (Lipinski definition) is 1. The highest BCUT2D eigenvalue weighted by Crippen LogP contribution is 2.44. The van der Waals surface area contributed by atoms with Gasteiger partial charge in [-0.25, -0.2) is 0 Å². The first-order chi connectivity index (χ1) is 13.7. The van der Waals surface area contributed by atoms with E-state index in [1.54, 1.807) is 0 Å². The molecule has 0 aromatic heterocycles. The van der Waals surface area contributed by atoms with E-state index in [0.29, 0.717) is 12.5 Å². The monoisotopic (exact) mass is 414 g/mol. The molecule has 0 saturated heterocycles. The van der Waals surface area contributed by atoms with Crippen LogP contribution in [0.25, 0.3) is 0 Å². The molecular formula is C26H51ClO. The molecule has 1 aliphatic carbocycles. The second-order valence-corrected chi connectivity index (χ2v) is 10.3. The number of unbranched alkanes of at least 4 members (excludes halogenated alkanes) is 15. The predicted molar refractivity (Wildman–Crippen MR) is 126 cm³/mol. The van der Waals surface area contributed by atoms with Crippen LogP contribution in [0.1, 0.15) is 148 Å². The molecule has 0 bridgehead atoms. The molecular weight excluding hydrogens is 364 g/mol. The Morgan fingerprint density at radius 1 is 0.714 bits per heavy atom. The van der Waals surface area contributed by atoms with Crippen LogP contribution < -0.4 is 0 Å². The van der Waals surface area contributed by atoms with Crippen LogP contribution in [0.4, 0.5) is 0 Å². The highest BCUT2D eigenvalue weighted by atomic mass is 35.5. The van der Waals surface area contributed by atoms with Crippen molar-refractivity contribution in [1.82, 2.24) is 0 Å². The zero-order chi connectivity index (χ0) is 20.3. The Morgan fingerprint density at radius 2 is 1.18 bits per heavy atom. The van der Waals surface area contributed by atoms with Crippen molar-refractivity contribution in [2.45, 2.75) is 153 Å². The Labute approximate surface area is 182 Å². The minimum atomic E-state index is -0.00300. The summed E-state index contributed by atoms with van der Waals surface area (Å²) in [6, 6.07) is 0. The van der Waals surface area contributed by atoms with Crippen molar-refractivity contribution >= 4 is 11.6 Å². The molecule has 1 aliphatic rings. The van der Waals surface area contributed by atoms with Crippen LogP contribution in [-0.4, -0.2) is 16.6 Å². The second kappa shape index (κ2) is 18.1. The molecule has 2 unspecified atom stereocenters. The molecule has 0 amide bonds. The van der Waals surface area contributed by atoms with Gasteiger partial charge in [-0.15, -0.1) is 11.6 Å². The molecule has 0 heterocycles. The number of aliphatic hydroxyl groups excluding tert-OH is 1. The van der Waals surface area contributed by atoms with Crippen molar-refractivity contribution in [1.29, 1.82) is 0 Å². The van der Waals surface area contributed by atoms with Gasteiger partial charge in [0.25, 0.3) is 0 Å². The Hall–Kier alpha value is 0.250. The first-order valence-corrected chi connectivity index (χ1v) is 13.4. The van der Waals surface area contributed by atoms with Gasteiger partial charge in [0.05, 0.1) is 0 Å². The van der Waals surface area contributed by atoms with Crippen molar-refractivity contribution in [3.05, 3.63) is 0 Å². The Morgan fingerprint density at radius 3 is 1.64 bits per heavy atom. The molecule has 1 fully saturated rings. The topological polar surface area (TPSA) is 20.2 Å².